The minimum absolute atomic E-state index is 0.505. The van der Waals surface area contributed by atoms with E-state index in [4.69, 9.17) is 11.6 Å². The number of aliphatic hydroxyl groups is 1. The summed E-state index contributed by atoms with van der Waals surface area (Å²) in [6.07, 6.45) is 2.78. The van der Waals surface area contributed by atoms with E-state index in [9.17, 15) is 5.11 Å². The Bertz CT molecular complexity index is 551. The Balaban J connectivity index is 2.15. The van der Waals surface area contributed by atoms with Crippen molar-refractivity contribution in [3.63, 3.8) is 0 Å². The van der Waals surface area contributed by atoms with Gasteiger partial charge in [0.2, 0.25) is 0 Å². The predicted octanol–water partition coefficient (Wildman–Crippen LogP) is 3.88. The maximum absolute atomic E-state index is 10.3. The first-order chi connectivity index (χ1) is 9.11. The average Bonchev–Trinajstić information content (AvgIpc) is 2.42. The van der Waals surface area contributed by atoms with Crippen LogP contribution in [0.5, 0.6) is 0 Å². The number of hydrogen-bond donors (Lipinski definition) is 1. The van der Waals surface area contributed by atoms with Gasteiger partial charge in [-0.1, -0.05) is 36.7 Å². The summed E-state index contributed by atoms with van der Waals surface area (Å²) in [5.41, 5.74) is 3.90. The van der Waals surface area contributed by atoms with Gasteiger partial charge in [-0.15, -0.1) is 0 Å². The van der Waals surface area contributed by atoms with Crippen LogP contribution in [0.1, 0.15) is 35.4 Å². The first-order valence-electron chi connectivity index (χ1n) is 6.48. The first kappa shape index (κ1) is 14.0. The normalized spacial score (nSPS) is 12.4. The molecule has 0 radical (unpaired) electrons. The van der Waals surface area contributed by atoms with E-state index in [0.717, 1.165) is 23.2 Å². The monoisotopic (exact) mass is 275 g/mol. The van der Waals surface area contributed by atoms with Gasteiger partial charge >= 0.3 is 0 Å². The number of rotatable bonds is 4. The molecule has 2 rings (SSSR count). The zero-order valence-electron chi connectivity index (χ0n) is 11.2. The summed E-state index contributed by atoms with van der Waals surface area (Å²) in [6, 6.07) is 9.64. The van der Waals surface area contributed by atoms with E-state index in [1.54, 1.807) is 0 Å². The minimum atomic E-state index is -0.571. The van der Waals surface area contributed by atoms with E-state index in [-0.39, 0.29) is 0 Å². The van der Waals surface area contributed by atoms with Crippen LogP contribution >= 0.6 is 11.6 Å². The Kier molecular flexibility index (Phi) is 4.56. The van der Waals surface area contributed by atoms with Gasteiger partial charge in [-0.05, 0) is 42.2 Å². The summed E-state index contributed by atoms with van der Waals surface area (Å²) in [7, 11) is 0. The average molecular weight is 276 g/mol. The molecule has 0 aliphatic carbocycles. The van der Waals surface area contributed by atoms with Gasteiger partial charge in [0.1, 0.15) is 0 Å². The standard InChI is InChI=1S/C16H18ClNO/c1-3-12-7-8-13(18-10-12)9-16(19)14-5-4-6-15(17)11(14)2/h4-8,10,16,19H,3,9H2,1-2H3. The number of aliphatic hydroxyl groups excluding tert-OH is 1. The van der Waals surface area contributed by atoms with Gasteiger partial charge in [0, 0.05) is 23.3 Å². The van der Waals surface area contributed by atoms with Gasteiger partial charge in [-0.25, -0.2) is 0 Å². The lowest BCUT2D eigenvalue weighted by molar-refractivity contribution is 0.176. The van der Waals surface area contributed by atoms with Crippen LogP contribution in [-0.2, 0) is 12.8 Å². The van der Waals surface area contributed by atoms with Crippen LogP contribution in [0.25, 0.3) is 0 Å². The molecule has 100 valence electrons. The molecule has 3 heteroatoms. The van der Waals surface area contributed by atoms with E-state index in [1.165, 1.54) is 5.56 Å². The molecule has 0 saturated carbocycles. The first-order valence-corrected chi connectivity index (χ1v) is 6.86. The van der Waals surface area contributed by atoms with Crippen molar-refractivity contribution in [1.29, 1.82) is 0 Å². The van der Waals surface area contributed by atoms with Gasteiger partial charge in [0.05, 0.1) is 6.10 Å². The smallest absolute Gasteiger partial charge is 0.0848 e. The molecule has 0 aliphatic rings. The molecular formula is C16H18ClNO. The highest BCUT2D eigenvalue weighted by molar-refractivity contribution is 6.31. The molecule has 1 N–H and O–H groups in total. The van der Waals surface area contributed by atoms with Crippen LogP contribution in [0.4, 0.5) is 0 Å². The molecule has 0 amide bonds. The molecule has 1 unspecified atom stereocenters. The number of aryl methyl sites for hydroxylation is 1. The Morgan fingerprint density at radius 3 is 2.68 bits per heavy atom. The molecule has 0 spiro atoms. The van der Waals surface area contributed by atoms with Crippen molar-refractivity contribution < 1.29 is 5.11 Å². The quantitative estimate of drug-likeness (QED) is 0.918. The summed E-state index contributed by atoms with van der Waals surface area (Å²) in [6.45, 7) is 4.02. The van der Waals surface area contributed by atoms with Crippen molar-refractivity contribution in [1.82, 2.24) is 4.98 Å². The third kappa shape index (κ3) is 3.34. The lowest BCUT2D eigenvalue weighted by Gasteiger charge is -2.14. The summed E-state index contributed by atoms with van der Waals surface area (Å²) in [5, 5.41) is 11.0. The van der Waals surface area contributed by atoms with Crippen molar-refractivity contribution in [3.8, 4) is 0 Å². The fourth-order valence-electron chi connectivity index (χ4n) is 2.08. The Labute approximate surface area is 119 Å². The van der Waals surface area contributed by atoms with Crippen molar-refractivity contribution in [2.24, 2.45) is 0 Å². The molecule has 2 nitrogen and oxygen atoms in total. The van der Waals surface area contributed by atoms with Crippen molar-refractivity contribution >= 4 is 11.6 Å². The van der Waals surface area contributed by atoms with Crippen LogP contribution in [0.15, 0.2) is 36.5 Å². The summed E-state index contributed by atoms with van der Waals surface area (Å²) < 4.78 is 0. The lowest BCUT2D eigenvalue weighted by atomic mass is 9.99. The van der Waals surface area contributed by atoms with Crippen molar-refractivity contribution in [2.45, 2.75) is 32.8 Å². The molecule has 2 aromatic rings. The van der Waals surface area contributed by atoms with E-state index >= 15 is 0 Å². The van der Waals surface area contributed by atoms with Gasteiger partial charge in [-0.3, -0.25) is 4.98 Å². The molecule has 0 fully saturated rings. The molecule has 0 saturated heterocycles. The van der Waals surface area contributed by atoms with Crippen LogP contribution < -0.4 is 0 Å². The second-order valence-electron chi connectivity index (χ2n) is 4.69. The van der Waals surface area contributed by atoms with Gasteiger partial charge < -0.3 is 5.11 Å². The zero-order valence-corrected chi connectivity index (χ0v) is 12.0. The van der Waals surface area contributed by atoms with E-state index in [0.29, 0.717) is 11.4 Å². The van der Waals surface area contributed by atoms with Crippen LogP contribution in [0.3, 0.4) is 0 Å². The van der Waals surface area contributed by atoms with E-state index in [1.807, 2.05) is 37.4 Å². The molecule has 19 heavy (non-hydrogen) atoms. The number of halogens is 1. The fraction of sp³-hybridized carbons (Fsp3) is 0.312. The lowest BCUT2D eigenvalue weighted by Crippen LogP contribution is -2.05. The fourth-order valence-corrected chi connectivity index (χ4v) is 2.26. The summed E-state index contributed by atoms with van der Waals surface area (Å²) >= 11 is 6.07. The van der Waals surface area contributed by atoms with Crippen LogP contribution in [0, 0.1) is 6.92 Å². The topological polar surface area (TPSA) is 33.1 Å². The maximum atomic E-state index is 10.3. The summed E-state index contributed by atoms with van der Waals surface area (Å²) in [4.78, 5) is 4.37. The molecule has 0 bridgehead atoms. The molecule has 1 aromatic heterocycles. The Hall–Kier alpha value is -1.38. The molecule has 1 aromatic carbocycles. The molecular weight excluding hydrogens is 258 g/mol. The number of pyridine rings is 1. The third-order valence-electron chi connectivity index (χ3n) is 3.37. The number of nitrogens with zero attached hydrogens (tertiary/aromatic N) is 1. The molecule has 1 atom stereocenters. The second kappa shape index (κ2) is 6.18. The van der Waals surface area contributed by atoms with Gasteiger partial charge in [0.25, 0.3) is 0 Å². The number of aromatic nitrogens is 1. The SMILES string of the molecule is CCc1ccc(CC(O)c2cccc(Cl)c2C)nc1. The second-order valence-corrected chi connectivity index (χ2v) is 5.09. The minimum Gasteiger partial charge on any atom is -0.388 e. The predicted molar refractivity (Wildman–Crippen MR) is 78.5 cm³/mol. The zero-order chi connectivity index (χ0) is 13.8. The van der Waals surface area contributed by atoms with Crippen molar-refractivity contribution in [2.75, 3.05) is 0 Å². The number of benzene rings is 1. The highest BCUT2D eigenvalue weighted by Crippen LogP contribution is 2.26. The molecule has 0 aliphatic heterocycles. The largest absolute Gasteiger partial charge is 0.388 e. The summed E-state index contributed by atoms with van der Waals surface area (Å²) in [5.74, 6) is 0. The van der Waals surface area contributed by atoms with Gasteiger partial charge in [-0.2, -0.15) is 0 Å². The number of hydrogen-bond acceptors (Lipinski definition) is 2. The molecule has 1 heterocycles. The Morgan fingerprint density at radius 2 is 2.05 bits per heavy atom. The van der Waals surface area contributed by atoms with Crippen LogP contribution in [-0.4, -0.2) is 10.1 Å². The maximum Gasteiger partial charge on any atom is 0.0848 e. The highest BCUT2D eigenvalue weighted by atomic mass is 35.5. The van der Waals surface area contributed by atoms with Crippen molar-refractivity contribution in [3.05, 3.63) is 63.9 Å². The Morgan fingerprint density at radius 1 is 1.26 bits per heavy atom. The van der Waals surface area contributed by atoms with Crippen LogP contribution in [0.2, 0.25) is 5.02 Å². The highest BCUT2D eigenvalue weighted by Gasteiger charge is 2.13. The third-order valence-corrected chi connectivity index (χ3v) is 3.77. The van der Waals surface area contributed by atoms with E-state index < -0.39 is 6.10 Å². The van der Waals surface area contributed by atoms with Gasteiger partial charge in [0.15, 0.2) is 0 Å². The van der Waals surface area contributed by atoms with E-state index in [2.05, 4.69) is 18.0 Å².